The molecule has 0 unspecified atom stereocenters. The molecule has 1 aromatic heterocycles. The highest BCUT2D eigenvalue weighted by Crippen LogP contribution is 2.31. The number of carbonyl (C=O) groups excluding carboxylic acids is 2. The third-order valence-corrected chi connectivity index (χ3v) is 4.16. The molecule has 2 aromatic carbocycles. The number of ketones is 1. The summed E-state index contributed by atoms with van der Waals surface area (Å²) in [6.45, 7) is 1.71. The van der Waals surface area contributed by atoms with E-state index in [2.05, 4.69) is 10.2 Å². The van der Waals surface area contributed by atoms with Crippen LogP contribution in [0.3, 0.4) is 0 Å². The second kappa shape index (κ2) is 8.01. The number of halogens is 1. The van der Waals surface area contributed by atoms with Gasteiger partial charge in [0.15, 0.2) is 5.69 Å². The van der Waals surface area contributed by atoms with E-state index in [1.54, 1.807) is 37.3 Å². The number of benzene rings is 2. The number of aromatic amines is 1. The predicted molar refractivity (Wildman–Crippen MR) is 102 cm³/mol. The summed E-state index contributed by atoms with van der Waals surface area (Å²) in [4.78, 5) is 36.3. The molecule has 0 bridgehead atoms. The van der Waals surface area contributed by atoms with Gasteiger partial charge >= 0.3 is 5.97 Å². The largest absolute Gasteiger partial charge is 0.461 e. The van der Waals surface area contributed by atoms with Crippen LogP contribution in [0, 0.1) is 10.1 Å². The average molecular weight is 400 g/mol. The Hall–Kier alpha value is -3.52. The molecule has 0 aliphatic rings. The van der Waals surface area contributed by atoms with Gasteiger partial charge < -0.3 is 4.74 Å². The first-order valence-corrected chi connectivity index (χ1v) is 8.61. The number of aromatic nitrogens is 2. The number of rotatable bonds is 6. The fraction of sp³-hybridized carbons (Fsp3) is 0.105. The molecule has 0 amide bonds. The maximum atomic E-state index is 13.3. The molecule has 0 aliphatic heterocycles. The quantitative estimate of drug-likeness (QED) is 0.289. The van der Waals surface area contributed by atoms with Crippen molar-refractivity contribution in [2.45, 2.75) is 6.92 Å². The number of H-pyrrole nitrogens is 1. The van der Waals surface area contributed by atoms with Gasteiger partial charge in [-0.3, -0.25) is 20.0 Å². The van der Waals surface area contributed by atoms with Crippen molar-refractivity contribution >= 4 is 29.0 Å². The Kier molecular flexibility index (Phi) is 5.51. The van der Waals surface area contributed by atoms with Crippen molar-refractivity contribution in [3.05, 3.63) is 80.5 Å². The van der Waals surface area contributed by atoms with E-state index in [0.29, 0.717) is 5.56 Å². The van der Waals surface area contributed by atoms with Gasteiger partial charge in [-0.2, -0.15) is 5.10 Å². The van der Waals surface area contributed by atoms with Crippen LogP contribution in [0.4, 0.5) is 5.69 Å². The molecule has 1 N–H and O–H groups in total. The normalized spacial score (nSPS) is 10.5. The minimum atomic E-state index is -0.780. The molecule has 1 heterocycles. The Morgan fingerprint density at radius 3 is 2.57 bits per heavy atom. The van der Waals surface area contributed by atoms with Crippen LogP contribution in [-0.4, -0.2) is 33.5 Å². The minimum absolute atomic E-state index is 0.0905. The lowest BCUT2D eigenvalue weighted by atomic mass is 9.96. The second-order valence-electron chi connectivity index (χ2n) is 5.66. The van der Waals surface area contributed by atoms with E-state index in [1.165, 1.54) is 12.1 Å². The van der Waals surface area contributed by atoms with Crippen molar-refractivity contribution in [2.24, 2.45) is 0 Å². The molecule has 0 saturated heterocycles. The maximum absolute atomic E-state index is 13.3. The van der Waals surface area contributed by atoms with Crippen LogP contribution in [0.15, 0.2) is 48.5 Å². The zero-order valence-electron chi connectivity index (χ0n) is 14.6. The van der Waals surface area contributed by atoms with Crippen molar-refractivity contribution in [3.63, 3.8) is 0 Å². The Bertz CT molecular complexity index is 1060. The molecule has 3 aromatic rings. The first-order valence-electron chi connectivity index (χ1n) is 8.23. The molecule has 0 spiro atoms. The van der Waals surface area contributed by atoms with E-state index >= 15 is 0 Å². The van der Waals surface area contributed by atoms with Crippen LogP contribution >= 0.6 is 11.6 Å². The van der Waals surface area contributed by atoms with Gasteiger partial charge in [-0.1, -0.05) is 41.9 Å². The van der Waals surface area contributed by atoms with Crippen LogP contribution in [0.2, 0.25) is 5.02 Å². The van der Waals surface area contributed by atoms with Gasteiger partial charge in [0, 0.05) is 16.7 Å². The SMILES string of the molecule is CCOC(=O)c1[nH]nc(-c2ccccc2)c1C(=O)c1ccc(Cl)cc1[N+](=O)[O-]. The molecule has 3 rings (SSSR count). The van der Waals surface area contributed by atoms with E-state index in [1.807, 2.05) is 0 Å². The summed E-state index contributed by atoms with van der Waals surface area (Å²) in [7, 11) is 0. The lowest BCUT2D eigenvalue weighted by Gasteiger charge is -2.07. The summed E-state index contributed by atoms with van der Waals surface area (Å²) in [5.41, 5.74) is -0.191. The molecule has 0 saturated carbocycles. The molecule has 0 atom stereocenters. The summed E-state index contributed by atoms with van der Waals surface area (Å²) in [6, 6.07) is 12.4. The molecule has 0 radical (unpaired) electrons. The summed E-state index contributed by atoms with van der Waals surface area (Å²) >= 11 is 5.83. The third-order valence-electron chi connectivity index (χ3n) is 3.92. The zero-order valence-corrected chi connectivity index (χ0v) is 15.4. The van der Waals surface area contributed by atoms with Crippen LogP contribution in [-0.2, 0) is 4.74 Å². The molecule has 9 heteroatoms. The highest BCUT2D eigenvalue weighted by molar-refractivity contribution is 6.31. The maximum Gasteiger partial charge on any atom is 0.357 e. The standard InChI is InChI=1S/C19H14ClN3O5/c1-2-28-19(25)17-15(16(21-22-17)11-6-4-3-5-7-11)18(24)13-9-8-12(20)10-14(13)23(26)27/h3-10H,2H2,1H3,(H,21,22). The van der Waals surface area contributed by atoms with Gasteiger partial charge in [0.1, 0.15) is 11.3 Å². The number of nitro benzene ring substituents is 1. The van der Waals surface area contributed by atoms with Crippen molar-refractivity contribution in [1.82, 2.24) is 10.2 Å². The predicted octanol–water partition coefficient (Wildman–Crippen LogP) is 4.05. The van der Waals surface area contributed by atoms with E-state index in [9.17, 15) is 19.7 Å². The number of esters is 1. The van der Waals surface area contributed by atoms with Crippen LogP contribution in [0.25, 0.3) is 11.3 Å². The Balaban J connectivity index is 2.22. The number of hydrogen-bond donors (Lipinski definition) is 1. The highest BCUT2D eigenvalue weighted by Gasteiger charge is 2.31. The lowest BCUT2D eigenvalue weighted by Crippen LogP contribution is -2.13. The number of hydrogen-bond acceptors (Lipinski definition) is 6. The van der Waals surface area contributed by atoms with Crippen molar-refractivity contribution < 1.29 is 19.2 Å². The topological polar surface area (TPSA) is 115 Å². The van der Waals surface area contributed by atoms with E-state index in [4.69, 9.17) is 16.3 Å². The van der Waals surface area contributed by atoms with E-state index < -0.39 is 22.4 Å². The number of nitrogens with one attached hydrogen (secondary N) is 1. The number of ether oxygens (including phenoxy) is 1. The van der Waals surface area contributed by atoms with Crippen molar-refractivity contribution in [3.8, 4) is 11.3 Å². The summed E-state index contributed by atoms with van der Waals surface area (Å²) in [6.07, 6.45) is 0. The van der Waals surface area contributed by atoms with Gasteiger partial charge in [-0.15, -0.1) is 0 Å². The number of nitrogens with zero attached hydrogens (tertiary/aromatic N) is 2. The van der Waals surface area contributed by atoms with Gasteiger partial charge in [0.2, 0.25) is 5.78 Å². The number of carbonyl (C=O) groups is 2. The molecule has 28 heavy (non-hydrogen) atoms. The molecule has 142 valence electrons. The highest BCUT2D eigenvalue weighted by atomic mass is 35.5. The molecular formula is C19H14ClN3O5. The fourth-order valence-corrected chi connectivity index (χ4v) is 2.87. The Labute approximate surface area is 164 Å². The van der Waals surface area contributed by atoms with Gasteiger partial charge in [0.25, 0.3) is 5.69 Å². The molecule has 8 nitrogen and oxygen atoms in total. The molecule has 0 aliphatic carbocycles. The second-order valence-corrected chi connectivity index (χ2v) is 6.09. The van der Waals surface area contributed by atoms with E-state index in [-0.39, 0.29) is 34.1 Å². The monoisotopic (exact) mass is 399 g/mol. The summed E-state index contributed by atoms with van der Waals surface area (Å²) in [5, 5.41) is 18.1. The first kappa shape index (κ1) is 19.2. The zero-order chi connectivity index (χ0) is 20.3. The fourth-order valence-electron chi connectivity index (χ4n) is 2.70. The van der Waals surface area contributed by atoms with Crippen LogP contribution in [0.1, 0.15) is 33.3 Å². The third kappa shape index (κ3) is 3.63. The minimum Gasteiger partial charge on any atom is -0.461 e. The Morgan fingerprint density at radius 1 is 1.21 bits per heavy atom. The molecule has 0 fully saturated rings. The van der Waals surface area contributed by atoms with Gasteiger partial charge in [0.05, 0.1) is 17.1 Å². The molecular weight excluding hydrogens is 386 g/mol. The first-order chi connectivity index (χ1) is 13.4. The smallest absolute Gasteiger partial charge is 0.357 e. The Morgan fingerprint density at radius 2 is 1.93 bits per heavy atom. The summed E-state index contributed by atoms with van der Waals surface area (Å²) in [5.74, 6) is -1.52. The average Bonchev–Trinajstić information content (AvgIpc) is 3.13. The number of nitro groups is 1. The van der Waals surface area contributed by atoms with Crippen molar-refractivity contribution in [2.75, 3.05) is 6.61 Å². The van der Waals surface area contributed by atoms with Crippen molar-refractivity contribution in [1.29, 1.82) is 0 Å². The van der Waals surface area contributed by atoms with Gasteiger partial charge in [-0.05, 0) is 19.1 Å². The summed E-state index contributed by atoms with van der Waals surface area (Å²) < 4.78 is 4.98. The van der Waals surface area contributed by atoms with Crippen LogP contribution in [0.5, 0.6) is 0 Å². The van der Waals surface area contributed by atoms with Crippen LogP contribution < -0.4 is 0 Å². The van der Waals surface area contributed by atoms with E-state index in [0.717, 1.165) is 6.07 Å². The lowest BCUT2D eigenvalue weighted by molar-refractivity contribution is -0.385. The van der Waals surface area contributed by atoms with Gasteiger partial charge in [-0.25, -0.2) is 4.79 Å².